The van der Waals surface area contributed by atoms with Gasteiger partial charge in [-0.3, -0.25) is 9.78 Å². The fourth-order valence-electron chi connectivity index (χ4n) is 2.63. The molecule has 3 aromatic rings. The summed E-state index contributed by atoms with van der Waals surface area (Å²) in [6.07, 6.45) is 3.19. The molecule has 0 unspecified atom stereocenters. The van der Waals surface area contributed by atoms with Gasteiger partial charge in [0.15, 0.2) is 0 Å². The topological polar surface area (TPSA) is 63.2 Å². The predicted molar refractivity (Wildman–Crippen MR) is 109 cm³/mol. The van der Waals surface area contributed by atoms with Crippen LogP contribution in [0.5, 0.6) is 5.75 Å². The third-order valence-electron chi connectivity index (χ3n) is 4.08. The standard InChI is InChI=1S/C21H20ClN3O2/c1-13-4-5-14(2)18(8-13)24-17-9-15(11-23-12-17)21(26)25-19-10-16(22)6-7-20(19)27-3/h4-12,24H,1-3H3,(H,25,26). The number of aryl methyl sites for hydroxylation is 2. The normalized spacial score (nSPS) is 10.4. The maximum Gasteiger partial charge on any atom is 0.257 e. The second-order valence-electron chi connectivity index (χ2n) is 6.20. The number of nitrogens with zero attached hydrogens (tertiary/aromatic N) is 1. The van der Waals surface area contributed by atoms with E-state index in [1.165, 1.54) is 13.3 Å². The molecular weight excluding hydrogens is 362 g/mol. The van der Waals surface area contributed by atoms with Crippen LogP contribution in [0, 0.1) is 13.8 Å². The fourth-order valence-corrected chi connectivity index (χ4v) is 2.80. The smallest absolute Gasteiger partial charge is 0.257 e. The van der Waals surface area contributed by atoms with Crippen LogP contribution in [0.4, 0.5) is 17.1 Å². The Morgan fingerprint density at radius 1 is 1.04 bits per heavy atom. The largest absolute Gasteiger partial charge is 0.495 e. The monoisotopic (exact) mass is 381 g/mol. The lowest BCUT2D eigenvalue weighted by atomic mass is 10.1. The lowest BCUT2D eigenvalue weighted by Gasteiger charge is -2.13. The van der Waals surface area contributed by atoms with E-state index in [1.807, 2.05) is 19.9 Å². The molecule has 1 aromatic heterocycles. The first-order valence-corrected chi connectivity index (χ1v) is 8.78. The number of methoxy groups -OCH3 is 1. The summed E-state index contributed by atoms with van der Waals surface area (Å²) in [7, 11) is 1.54. The van der Waals surface area contributed by atoms with Gasteiger partial charge in [-0.15, -0.1) is 0 Å². The highest BCUT2D eigenvalue weighted by atomic mass is 35.5. The Kier molecular flexibility index (Phi) is 5.62. The van der Waals surface area contributed by atoms with Crippen molar-refractivity contribution in [3.63, 3.8) is 0 Å². The number of pyridine rings is 1. The third-order valence-corrected chi connectivity index (χ3v) is 4.32. The van der Waals surface area contributed by atoms with Crippen molar-refractivity contribution in [2.75, 3.05) is 17.7 Å². The molecule has 1 amide bonds. The molecular formula is C21H20ClN3O2. The molecule has 27 heavy (non-hydrogen) atoms. The number of halogens is 1. The maximum atomic E-state index is 12.6. The van der Waals surface area contributed by atoms with Gasteiger partial charge in [0.2, 0.25) is 0 Å². The van der Waals surface area contributed by atoms with Gasteiger partial charge in [0, 0.05) is 16.9 Å². The van der Waals surface area contributed by atoms with Gasteiger partial charge in [0.1, 0.15) is 5.75 Å². The van der Waals surface area contributed by atoms with Crippen LogP contribution in [-0.4, -0.2) is 18.0 Å². The minimum atomic E-state index is -0.298. The summed E-state index contributed by atoms with van der Waals surface area (Å²) in [5, 5.41) is 6.64. The molecule has 0 aliphatic carbocycles. The molecule has 1 heterocycles. The van der Waals surface area contributed by atoms with E-state index in [2.05, 4.69) is 27.8 Å². The predicted octanol–water partition coefficient (Wildman–Crippen LogP) is 5.36. The zero-order chi connectivity index (χ0) is 19.4. The van der Waals surface area contributed by atoms with E-state index >= 15 is 0 Å². The summed E-state index contributed by atoms with van der Waals surface area (Å²) in [5.74, 6) is 0.234. The lowest BCUT2D eigenvalue weighted by molar-refractivity contribution is 0.102. The number of amides is 1. The number of benzene rings is 2. The molecule has 6 heteroatoms. The van der Waals surface area contributed by atoms with E-state index in [0.717, 1.165) is 22.5 Å². The highest BCUT2D eigenvalue weighted by Gasteiger charge is 2.12. The molecule has 0 saturated carbocycles. The van der Waals surface area contributed by atoms with Crippen LogP contribution < -0.4 is 15.4 Å². The SMILES string of the molecule is COc1ccc(Cl)cc1NC(=O)c1cncc(Nc2cc(C)ccc2C)c1. The first-order chi connectivity index (χ1) is 13.0. The van der Waals surface area contributed by atoms with E-state index in [9.17, 15) is 4.79 Å². The van der Waals surface area contributed by atoms with Crippen LogP contribution in [0.3, 0.4) is 0 Å². The average Bonchev–Trinajstić information content (AvgIpc) is 2.65. The molecule has 5 nitrogen and oxygen atoms in total. The molecule has 0 saturated heterocycles. The molecule has 0 fully saturated rings. The van der Waals surface area contributed by atoms with Gasteiger partial charge < -0.3 is 15.4 Å². The summed E-state index contributed by atoms with van der Waals surface area (Å²) >= 11 is 6.02. The highest BCUT2D eigenvalue weighted by molar-refractivity contribution is 6.31. The van der Waals surface area contributed by atoms with Gasteiger partial charge in [-0.2, -0.15) is 0 Å². The number of carbonyl (C=O) groups is 1. The van der Waals surface area contributed by atoms with Gasteiger partial charge in [0.25, 0.3) is 5.91 Å². The van der Waals surface area contributed by atoms with Crippen LogP contribution >= 0.6 is 11.6 Å². The first kappa shape index (κ1) is 18.7. The van der Waals surface area contributed by atoms with E-state index in [4.69, 9.17) is 16.3 Å². The van der Waals surface area contributed by atoms with Gasteiger partial charge in [0.05, 0.1) is 30.2 Å². The number of hydrogen-bond acceptors (Lipinski definition) is 4. The number of hydrogen-bond donors (Lipinski definition) is 2. The number of nitrogens with one attached hydrogen (secondary N) is 2. The molecule has 0 spiro atoms. The molecule has 0 aliphatic heterocycles. The van der Waals surface area contributed by atoms with E-state index in [1.54, 1.807) is 30.5 Å². The second kappa shape index (κ2) is 8.10. The third kappa shape index (κ3) is 4.57. The Morgan fingerprint density at radius 3 is 2.63 bits per heavy atom. The molecule has 138 valence electrons. The summed E-state index contributed by atoms with van der Waals surface area (Å²) in [6, 6.07) is 13.0. The van der Waals surface area contributed by atoms with E-state index in [0.29, 0.717) is 22.0 Å². The van der Waals surface area contributed by atoms with Crippen molar-refractivity contribution < 1.29 is 9.53 Å². The zero-order valence-electron chi connectivity index (χ0n) is 15.3. The molecule has 0 bridgehead atoms. The zero-order valence-corrected chi connectivity index (χ0v) is 16.1. The quantitative estimate of drug-likeness (QED) is 0.624. The van der Waals surface area contributed by atoms with Crippen LogP contribution in [0.2, 0.25) is 5.02 Å². The number of rotatable bonds is 5. The van der Waals surface area contributed by atoms with Gasteiger partial charge in [-0.1, -0.05) is 23.7 Å². The van der Waals surface area contributed by atoms with Crippen molar-refractivity contribution in [3.05, 3.63) is 76.6 Å². The van der Waals surface area contributed by atoms with Gasteiger partial charge >= 0.3 is 0 Å². The Morgan fingerprint density at radius 2 is 1.85 bits per heavy atom. The maximum absolute atomic E-state index is 12.6. The van der Waals surface area contributed by atoms with E-state index in [-0.39, 0.29) is 5.91 Å². The van der Waals surface area contributed by atoms with Gasteiger partial charge in [-0.05, 0) is 55.3 Å². The minimum Gasteiger partial charge on any atom is -0.495 e. The number of aromatic nitrogens is 1. The van der Waals surface area contributed by atoms with Crippen LogP contribution in [0.15, 0.2) is 54.9 Å². The fraction of sp³-hybridized carbons (Fsp3) is 0.143. The second-order valence-corrected chi connectivity index (χ2v) is 6.64. The molecule has 3 rings (SSSR count). The summed E-state index contributed by atoms with van der Waals surface area (Å²) in [5.41, 5.74) is 4.90. The van der Waals surface area contributed by atoms with Crippen molar-refractivity contribution in [3.8, 4) is 5.75 Å². The molecule has 2 N–H and O–H groups in total. The highest BCUT2D eigenvalue weighted by Crippen LogP contribution is 2.28. The Labute approximate surface area is 163 Å². The van der Waals surface area contributed by atoms with Crippen LogP contribution in [0.25, 0.3) is 0 Å². The summed E-state index contributed by atoms with van der Waals surface area (Å²) in [4.78, 5) is 16.8. The molecule has 0 radical (unpaired) electrons. The molecule has 2 aromatic carbocycles. The molecule has 0 atom stereocenters. The minimum absolute atomic E-state index is 0.298. The number of anilines is 3. The lowest BCUT2D eigenvalue weighted by Crippen LogP contribution is -2.13. The summed E-state index contributed by atoms with van der Waals surface area (Å²) in [6.45, 7) is 4.06. The van der Waals surface area contributed by atoms with Crippen LogP contribution in [0.1, 0.15) is 21.5 Å². The van der Waals surface area contributed by atoms with Gasteiger partial charge in [-0.25, -0.2) is 0 Å². The van der Waals surface area contributed by atoms with Crippen LogP contribution in [-0.2, 0) is 0 Å². The first-order valence-electron chi connectivity index (χ1n) is 8.40. The van der Waals surface area contributed by atoms with Crippen molar-refractivity contribution in [1.29, 1.82) is 0 Å². The number of carbonyl (C=O) groups excluding carboxylic acids is 1. The van der Waals surface area contributed by atoms with Crippen molar-refractivity contribution in [2.24, 2.45) is 0 Å². The van der Waals surface area contributed by atoms with Crippen molar-refractivity contribution in [2.45, 2.75) is 13.8 Å². The number of ether oxygens (including phenoxy) is 1. The Bertz CT molecular complexity index is 989. The Balaban J connectivity index is 1.82. The molecule has 0 aliphatic rings. The summed E-state index contributed by atoms with van der Waals surface area (Å²) < 4.78 is 5.26. The average molecular weight is 382 g/mol. The van der Waals surface area contributed by atoms with Crippen molar-refractivity contribution >= 4 is 34.6 Å². The van der Waals surface area contributed by atoms with Crippen molar-refractivity contribution in [1.82, 2.24) is 4.98 Å². The Hall–Kier alpha value is -3.05. The van der Waals surface area contributed by atoms with E-state index < -0.39 is 0 Å².